The van der Waals surface area contributed by atoms with Crippen molar-refractivity contribution in [2.24, 2.45) is 0 Å². The van der Waals surface area contributed by atoms with Crippen LogP contribution in [0.15, 0.2) is 18.2 Å². The third-order valence-corrected chi connectivity index (χ3v) is 2.95. The zero-order valence-electron chi connectivity index (χ0n) is 9.57. The number of rotatable bonds is 3. The van der Waals surface area contributed by atoms with E-state index in [0.29, 0.717) is 0 Å². The molecule has 5 heteroatoms. The van der Waals surface area contributed by atoms with Crippen LogP contribution in [0.25, 0.3) is 0 Å². The second-order valence-electron chi connectivity index (χ2n) is 4.27. The Kier molecular flexibility index (Phi) is 3.28. The molecule has 2 rings (SSSR count). The fourth-order valence-electron chi connectivity index (χ4n) is 1.89. The van der Waals surface area contributed by atoms with Crippen molar-refractivity contribution in [2.45, 2.75) is 25.0 Å². The summed E-state index contributed by atoms with van der Waals surface area (Å²) in [4.78, 5) is 11.8. The van der Waals surface area contributed by atoms with E-state index in [2.05, 4.69) is 5.32 Å². The van der Waals surface area contributed by atoms with Crippen LogP contribution in [0.5, 0.6) is 0 Å². The molecule has 0 heterocycles. The summed E-state index contributed by atoms with van der Waals surface area (Å²) in [5, 5.41) is 2.81. The van der Waals surface area contributed by atoms with Gasteiger partial charge in [0.2, 0.25) is 0 Å². The maximum Gasteiger partial charge on any atom is 0.251 e. The van der Waals surface area contributed by atoms with E-state index in [9.17, 15) is 9.18 Å². The summed E-state index contributed by atoms with van der Waals surface area (Å²) in [6.07, 6.45) is 1.82. The van der Waals surface area contributed by atoms with Gasteiger partial charge in [-0.1, -0.05) is 0 Å². The van der Waals surface area contributed by atoms with Gasteiger partial charge in [-0.25, -0.2) is 4.39 Å². The molecule has 0 spiro atoms. The molecule has 0 saturated heterocycles. The number of carbonyl (C=O) groups is 1. The normalized spacial score (nSPS) is 22.9. The van der Waals surface area contributed by atoms with E-state index in [1.165, 1.54) is 18.2 Å². The molecular formula is C12H15FN2O2. The van der Waals surface area contributed by atoms with Gasteiger partial charge in [0.25, 0.3) is 5.91 Å². The average Bonchev–Trinajstić information content (AvgIpc) is 2.21. The van der Waals surface area contributed by atoms with Gasteiger partial charge in [0, 0.05) is 24.4 Å². The van der Waals surface area contributed by atoms with Crippen molar-refractivity contribution in [3.63, 3.8) is 0 Å². The van der Waals surface area contributed by atoms with Crippen LogP contribution < -0.4 is 11.1 Å². The second kappa shape index (κ2) is 4.71. The smallest absolute Gasteiger partial charge is 0.251 e. The number of ether oxygens (including phenoxy) is 1. The average molecular weight is 238 g/mol. The number of benzene rings is 1. The monoisotopic (exact) mass is 238 g/mol. The first-order valence-electron chi connectivity index (χ1n) is 5.48. The lowest BCUT2D eigenvalue weighted by Gasteiger charge is -2.34. The van der Waals surface area contributed by atoms with Crippen LogP contribution in [0.1, 0.15) is 23.2 Å². The molecule has 0 atom stereocenters. The van der Waals surface area contributed by atoms with Gasteiger partial charge < -0.3 is 15.8 Å². The predicted octanol–water partition coefficient (Wildman–Crippen LogP) is 1.32. The summed E-state index contributed by atoms with van der Waals surface area (Å²) < 4.78 is 18.2. The molecule has 0 radical (unpaired) electrons. The van der Waals surface area contributed by atoms with Gasteiger partial charge in [0.05, 0.1) is 6.10 Å². The van der Waals surface area contributed by atoms with Crippen LogP contribution in [0.2, 0.25) is 0 Å². The van der Waals surface area contributed by atoms with Crippen molar-refractivity contribution in [3.05, 3.63) is 29.6 Å². The highest BCUT2D eigenvalue weighted by Gasteiger charge is 2.30. The lowest BCUT2D eigenvalue weighted by molar-refractivity contribution is 0.0176. The number of nitrogens with one attached hydrogen (secondary N) is 1. The molecule has 3 N–H and O–H groups in total. The molecule has 4 nitrogen and oxygen atoms in total. The number of hydrogen-bond donors (Lipinski definition) is 2. The molecule has 0 bridgehead atoms. The molecule has 17 heavy (non-hydrogen) atoms. The zero-order valence-corrected chi connectivity index (χ0v) is 9.57. The Morgan fingerprint density at radius 1 is 1.47 bits per heavy atom. The van der Waals surface area contributed by atoms with Crippen molar-refractivity contribution in [2.75, 3.05) is 12.8 Å². The summed E-state index contributed by atoms with van der Waals surface area (Å²) in [6, 6.07) is 3.93. The summed E-state index contributed by atoms with van der Waals surface area (Å²) >= 11 is 0. The standard InChI is InChI=1S/C12H15FN2O2/c1-17-11-5-10(6-11)15-12(16)7-2-8(13)4-9(14)3-7/h2-4,10-11H,5-6,14H2,1H3,(H,15,16). The van der Waals surface area contributed by atoms with Crippen LogP contribution in [0, 0.1) is 5.82 Å². The van der Waals surface area contributed by atoms with Crippen molar-refractivity contribution in [1.82, 2.24) is 5.32 Å². The van der Waals surface area contributed by atoms with Gasteiger partial charge in [0.1, 0.15) is 5.82 Å². The Morgan fingerprint density at radius 2 is 2.18 bits per heavy atom. The maximum absolute atomic E-state index is 13.1. The first-order chi connectivity index (χ1) is 8.08. The minimum absolute atomic E-state index is 0.108. The first-order valence-corrected chi connectivity index (χ1v) is 5.48. The van der Waals surface area contributed by atoms with Crippen LogP contribution in [0.4, 0.5) is 10.1 Å². The largest absolute Gasteiger partial charge is 0.399 e. The highest BCUT2D eigenvalue weighted by Crippen LogP contribution is 2.23. The van der Waals surface area contributed by atoms with Gasteiger partial charge in [0.15, 0.2) is 0 Å². The number of nitrogens with two attached hydrogens (primary N) is 1. The predicted molar refractivity (Wildman–Crippen MR) is 62.1 cm³/mol. The Hall–Kier alpha value is -1.62. The first kappa shape index (κ1) is 11.9. The van der Waals surface area contributed by atoms with Gasteiger partial charge in [-0.3, -0.25) is 4.79 Å². The number of nitrogen functional groups attached to an aromatic ring is 1. The molecular weight excluding hydrogens is 223 g/mol. The number of methoxy groups -OCH3 is 1. The second-order valence-corrected chi connectivity index (χ2v) is 4.27. The van der Waals surface area contributed by atoms with Gasteiger partial charge >= 0.3 is 0 Å². The molecule has 1 fully saturated rings. The lowest BCUT2D eigenvalue weighted by atomic mass is 9.89. The summed E-state index contributed by atoms with van der Waals surface area (Å²) in [5.74, 6) is -0.797. The van der Waals surface area contributed by atoms with Gasteiger partial charge in [-0.15, -0.1) is 0 Å². The van der Waals surface area contributed by atoms with Crippen molar-refractivity contribution < 1.29 is 13.9 Å². The van der Waals surface area contributed by atoms with E-state index in [1.807, 2.05) is 0 Å². The van der Waals surface area contributed by atoms with E-state index in [-0.39, 0.29) is 29.3 Å². The number of anilines is 1. The highest BCUT2D eigenvalue weighted by atomic mass is 19.1. The SMILES string of the molecule is COC1CC(NC(=O)c2cc(N)cc(F)c2)C1. The fraction of sp³-hybridized carbons (Fsp3) is 0.417. The Bertz CT molecular complexity index is 410. The Balaban J connectivity index is 1.96. The molecule has 1 aromatic carbocycles. The highest BCUT2D eigenvalue weighted by molar-refractivity contribution is 5.95. The number of halogens is 1. The summed E-state index contributed by atoms with van der Waals surface area (Å²) in [7, 11) is 1.65. The number of carbonyl (C=O) groups excluding carboxylic acids is 1. The van der Waals surface area contributed by atoms with E-state index in [4.69, 9.17) is 10.5 Å². The van der Waals surface area contributed by atoms with Crippen LogP contribution in [-0.2, 0) is 4.74 Å². The minimum Gasteiger partial charge on any atom is -0.399 e. The molecule has 1 saturated carbocycles. The quantitative estimate of drug-likeness (QED) is 0.780. The molecule has 0 aromatic heterocycles. The van der Waals surface area contributed by atoms with E-state index in [1.54, 1.807) is 7.11 Å². The summed E-state index contributed by atoms with van der Waals surface area (Å²) in [6.45, 7) is 0. The molecule has 0 unspecified atom stereocenters. The van der Waals surface area contributed by atoms with Crippen LogP contribution in [0.3, 0.4) is 0 Å². The maximum atomic E-state index is 13.1. The van der Waals surface area contributed by atoms with Gasteiger partial charge in [-0.05, 0) is 31.0 Å². The zero-order chi connectivity index (χ0) is 12.4. The van der Waals surface area contributed by atoms with Crippen LogP contribution >= 0.6 is 0 Å². The molecule has 1 amide bonds. The third kappa shape index (κ3) is 2.74. The van der Waals surface area contributed by atoms with Crippen molar-refractivity contribution >= 4 is 11.6 Å². The van der Waals surface area contributed by atoms with Crippen LogP contribution in [-0.4, -0.2) is 25.2 Å². The topological polar surface area (TPSA) is 64.3 Å². The fourth-order valence-corrected chi connectivity index (χ4v) is 1.89. The van der Waals surface area contributed by atoms with Crippen molar-refractivity contribution in [1.29, 1.82) is 0 Å². The Morgan fingerprint density at radius 3 is 2.76 bits per heavy atom. The van der Waals surface area contributed by atoms with E-state index in [0.717, 1.165) is 12.8 Å². The Labute approximate surface area is 98.9 Å². The molecule has 1 aromatic rings. The van der Waals surface area contributed by atoms with E-state index >= 15 is 0 Å². The van der Waals surface area contributed by atoms with Crippen molar-refractivity contribution in [3.8, 4) is 0 Å². The summed E-state index contributed by atoms with van der Waals surface area (Å²) in [5.41, 5.74) is 5.98. The minimum atomic E-state index is -0.501. The number of hydrogen-bond acceptors (Lipinski definition) is 3. The molecule has 92 valence electrons. The van der Waals surface area contributed by atoms with Gasteiger partial charge in [-0.2, -0.15) is 0 Å². The van der Waals surface area contributed by atoms with E-state index < -0.39 is 5.82 Å². The molecule has 0 aliphatic heterocycles. The molecule has 1 aliphatic carbocycles. The third-order valence-electron chi connectivity index (χ3n) is 2.95. The lowest BCUT2D eigenvalue weighted by Crippen LogP contribution is -2.47. The number of amides is 1. The molecule has 1 aliphatic rings.